The molecule has 1 saturated carbocycles. The van der Waals surface area contributed by atoms with Crippen LogP contribution < -0.4 is 9.47 Å². The minimum atomic E-state index is -4.88. The molecule has 1 aliphatic rings. The summed E-state index contributed by atoms with van der Waals surface area (Å²) in [7, 11) is 0. The summed E-state index contributed by atoms with van der Waals surface area (Å²) in [5.74, 6) is -13.4. The molecule has 2 nitrogen and oxygen atoms in total. The van der Waals surface area contributed by atoms with Crippen LogP contribution in [0.2, 0.25) is 0 Å². The van der Waals surface area contributed by atoms with Crippen molar-refractivity contribution >= 4 is 5.83 Å². The van der Waals surface area contributed by atoms with Crippen molar-refractivity contribution in [1.82, 2.24) is 0 Å². The van der Waals surface area contributed by atoms with E-state index < -0.39 is 75.7 Å². The zero-order valence-corrected chi connectivity index (χ0v) is 19.9. The number of halogens is 10. The number of hydrogen-bond donors (Lipinski definition) is 0. The Bertz CT molecular complexity index is 1170. The van der Waals surface area contributed by atoms with Crippen LogP contribution >= 0.6 is 0 Å². The lowest BCUT2D eigenvalue weighted by Crippen LogP contribution is -2.25. The molecule has 1 aliphatic carbocycles. The van der Waals surface area contributed by atoms with Crippen LogP contribution in [0.3, 0.4) is 0 Å². The molecule has 208 valence electrons. The lowest BCUT2D eigenvalue weighted by molar-refractivity contribution is -0.189. The molecule has 2 aromatic carbocycles. The van der Waals surface area contributed by atoms with Crippen LogP contribution in [0.25, 0.3) is 5.83 Å². The van der Waals surface area contributed by atoms with E-state index in [0.717, 1.165) is 12.8 Å². The topological polar surface area (TPSA) is 18.5 Å². The van der Waals surface area contributed by atoms with Gasteiger partial charge in [0.25, 0.3) is 0 Å². The predicted molar refractivity (Wildman–Crippen MR) is 118 cm³/mol. The van der Waals surface area contributed by atoms with Gasteiger partial charge in [-0.15, -0.1) is 0 Å². The summed E-state index contributed by atoms with van der Waals surface area (Å²) in [6, 6.07) is 0.521. The van der Waals surface area contributed by atoms with Gasteiger partial charge in [-0.3, -0.25) is 0 Å². The van der Waals surface area contributed by atoms with Gasteiger partial charge in [-0.1, -0.05) is 19.8 Å². The fraction of sp³-hybridized carbons (Fsp3) is 0.385. The monoisotopic (exact) mass is 556 g/mol. The third kappa shape index (κ3) is 6.82. The molecule has 2 aromatic rings. The van der Waals surface area contributed by atoms with E-state index in [1.165, 1.54) is 0 Å². The van der Waals surface area contributed by atoms with Crippen LogP contribution in [0.15, 0.2) is 42.4 Å². The average molecular weight is 556 g/mol. The van der Waals surface area contributed by atoms with Crippen molar-refractivity contribution in [3.8, 4) is 11.5 Å². The van der Waals surface area contributed by atoms with E-state index in [1.807, 2.05) is 6.92 Å². The SMILES string of the molecule is CCCC1CCC(C(F)=C(F)c2cc(F)c(C(F)(F)Oc3cc(F)c(OC=C(F)F)c(F)c3)c(F)c2)CC1. The van der Waals surface area contributed by atoms with Gasteiger partial charge in [0.2, 0.25) is 0 Å². The lowest BCUT2D eigenvalue weighted by Gasteiger charge is -2.27. The summed E-state index contributed by atoms with van der Waals surface area (Å²) >= 11 is 0. The van der Waals surface area contributed by atoms with E-state index in [4.69, 9.17) is 0 Å². The van der Waals surface area contributed by atoms with E-state index in [9.17, 15) is 43.9 Å². The smallest absolute Gasteiger partial charge is 0.432 e. The first-order valence-corrected chi connectivity index (χ1v) is 11.6. The minimum absolute atomic E-state index is 0.105. The van der Waals surface area contributed by atoms with Gasteiger partial charge in [-0.25, -0.2) is 26.3 Å². The Balaban J connectivity index is 1.84. The molecule has 0 amide bonds. The lowest BCUT2D eigenvalue weighted by atomic mass is 9.79. The third-order valence-electron chi connectivity index (χ3n) is 6.18. The maximum absolute atomic E-state index is 14.7. The summed E-state index contributed by atoms with van der Waals surface area (Å²) < 4.78 is 148. The Morgan fingerprint density at radius 1 is 0.868 bits per heavy atom. The van der Waals surface area contributed by atoms with Crippen LogP contribution in [0.1, 0.15) is 56.6 Å². The minimum Gasteiger partial charge on any atom is -0.453 e. The van der Waals surface area contributed by atoms with Crippen LogP contribution in [0, 0.1) is 35.1 Å². The first kappa shape index (κ1) is 29.4. The van der Waals surface area contributed by atoms with Gasteiger partial charge >= 0.3 is 12.2 Å². The number of alkyl halides is 2. The third-order valence-corrected chi connectivity index (χ3v) is 6.18. The van der Waals surface area contributed by atoms with E-state index >= 15 is 0 Å². The zero-order valence-electron chi connectivity index (χ0n) is 19.9. The zero-order chi connectivity index (χ0) is 28.2. The molecule has 0 N–H and O–H groups in total. The standard InChI is InChI=1S/C26H22F10O2/c1-2-3-13-4-6-14(7-5-13)23(33)24(34)15-8-17(27)22(18(28)9-15)26(35,36)38-16-10-19(29)25(20(30)11-16)37-12-21(31)32/h8-14H,2-7H2,1H3. The van der Waals surface area contributed by atoms with Crippen LogP contribution in [-0.4, -0.2) is 0 Å². The molecule has 1 fully saturated rings. The van der Waals surface area contributed by atoms with Crippen molar-refractivity contribution in [2.75, 3.05) is 0 Å². The number of allylic oxidation sites excluding steroid dienone is 1. The summed E-state index contributed by atoms with van der Waals surface area (Å²) in [6.45, 7) is 2.01. The van der Waals surface area contributed by atoms with E-state index in [1.54, 1.807) is 0 Å². The highest BCUT2D eigenvalue weighted by molar-refractivity contribution is 5.62. The quantitative estimate of drug-likeness (QED) is 0.226. The van der Waals surface area contributed by atoms with Gasteiger partial charge in [0.15, 0.2) is 29.5 Å². The molecular weight excluding hydrogens is 534 g/mol. The maximum atomic E-state index is 14.7. The summed E-state index contributed by atoms with van der Waals surface area (Å²) in [5, 5.41) is 0. The highest BCUT2D eigenvalue weighted by atomic mass is 19.3. The number of hydrogen-bond acceptors (Lipinski definition) is 2. The Labute approximate surface area is 211 Å². The number of rotatable bonds is 9. The van der Waals surface area contributed by atoms with Gasteiger partial charge in [0.05, 0.1) is 0 Å². The van der Waals surface area contributed by atoms with Crippen LogP contribution in [0.4, 0.5) is 43.9 Å². The Morgan fingerprint density at radius 2 is 1.42 bits per heavy atom. The molecule has 0 saturated heterocycles. The normalized spacial score (nSPS) is 18.6. The first-order valence-electron chi connectivity index (χ1n) is 11.6. The Morgan fingerprint density at radius 3 is 1.92 bits per heavy atom. The van der Waals surface area contributed by atoms with Gasteiger partial charge in [-0.2, -0.15) is 17.6 Å². The van der Waals surface area contributed by atoms with Gasteiger partial charge < -0.3 is 9.47 Å². The molecule has 0 radical (unpaired) electrons. The van der Waals surface area contributed by atoms with Crippen LogP contribution in [-0.2, 0) is 6.11 Å². The Kier molecular flexibility index (Phi) is 9.37. The van der Waals surface area contributed by atoms with E-state index in [-0.39, 0.29) is 30.5 Å². The second kappa shape index (κ2) is 12.1. The average Bonchev–Trinajstić information content (AvgIpc) is 2.82. The largest absolute Gasteiger partial charge is 0.453 e. The number of benzene rings is 2. The van der Waals surface area contributed by atoms with Crippen molar-refractivity contribution in [2.24, 2.45) is 11.8 Å². The molecule has 0 unspecified atom stereocenters. The van der Waals surface area contributed by atoms with Crippen molar-refractivity contribution in [1.29, 1.82) is 0 Å². The second-order valence-corrected chi connectivity index (χ2v) is 8.84. The van der Waals surface area contributed by atoms with Crippen LogP contribution in [0.5, 0.6) is 11.5 Å². The number of ether oxygens (including phenoxy) is 2. The molecule has 3 rings (SSSR count). The summed E-state index contributed by atoms with van der Waals surface area (Å²) in [5.41, 5.74) is -2.97. The first-order chi connectivity index (χ1) is 17.8. The molecule has 0 aliphatic heterocycles. The molecule has 0 bridgehead atoms. The molecule has 38 heavy (non-hydrogen) atoms. The molecule has 0 atom stereocenters. The van der Waals surface area contributed by atoms with E-state index in [2.05, 4.69) is 9.47 Å². The highest BCUT2D eigenvalue weighted by Gasteiger charge is 2.42. The summed E-state index contributed by atoms with van der Waals surface area (Å²) in [4.78, 5) is 0. The molecule has 0 spiro atoms. The molecule has 0 aromatic heterocycles. The van der Waals surface area contributed by atoms with Crippen molar-refractivity contribution in [3.05, 3.63) is 76.8 Å². The van der Waals surface area contributed by atoms with Crippen molar-refractivity contribution in [2.45, 2.75) is 51.6 Å². The second-order valence-electron chi connectivity index (χ2n) is 8.84. The summed E-state index contributed by atoms with van der Waals surface area (Å²) in [6.07, 6.45) is -3.78. The molecular formula is C26H22F10O2. The maximum Gasteiger partial charge on any atom is 0.432 e. The highest BCUT2D eigenvalue weighted by Crippen LogP contribution is 2.41. The van der Waals surface area contributed by atoms with Crippen molar-refractivity contribution in [3.63, 3.8) is 0 Å². The van der Waals surface area contributed by atoms with Gasteiger partial charge in [0, 0.05) is 23.6 Å². The van der Waals surface area contributed by atoms with Crippen molar-refractivity contribution < 1.29 is 53.4 Å². The van der Waals surface area contributed by atoms with Gasteiger partial charge in [0.1, 0.15) is 28.8 Å². The van der Waals surface area contributed by atoms with E-state index in [0.29, 0.717) is 31.6 Å². The fourth-order valence-corrected chi connectivity index (χ4v) is 4.42. The molecule has 0 heterocycles. The fourth-order valence-electron chi connectivity index (χ4n) is 4.42. The Hall–Kier alpha value is -3.18. The molecule has 12 heteroatoms. The van der Waals surface area contributed by atoms with Gasteiger partial charge in [-0.05, 0) is 43.7 Å². The predicted octanol–water partition coefficient (Wildman–Crippen LogP) is 9.70.